The molecule has 4 rings (SSSR count). The lowest BCUT2D eigenvalue weighted by molar-refractivity contribution is 0.0419. The maximum Gasteiger partial charge on any atom is 0.340 e. The van der Waals surface area contributed by atoms with Gasteiger partial charge in [-0.15, -0.1) is 11.3 Å². The summed E-state index contributed by atoms with van der Waals surface area (Å²) in [5.74, 6) is -1.26. The first-order valence-corrected chi connectivity index (χ1v) is 13.2. The molecule has 4 aromatic rings. The molecule has 0 aliphatic heterocycles. The molecule has 0 bridgehead atoms. The highest BCUT2D eigenvalue weighted by atomic mass is 32.1. The minimum Gasteiger partial charge on any atom is -0.465 e. The lowest BCUT2D eigenvalue weighted by atomic mass is 10.0. The number of hydrogen-bond donors (Lipinski definition) is 1. The summed E-state index contributed by atoms with van der Waals surface area (Å²) in [6, 6.07) is 27.9. The van der Waals surface area contributed by atoms with Gasteiger partial charge in [0.05, 0.1) is 19.3 Å². The maximum atomic E-state index is 14.3. The molecule has 3 aromatic carbocycles. The second-order valence-electron chi connectivity index (χ2n) is 8.99. The van der Waals surface area contributed by atoms with Crippen LogP contribution >= 0.6 is 11.3 Å². The smallest absolute Gasteiger partial charge is 0.340 e. The maximum absolute atomic E-state index is 14.3. The van der Waals surface area contributed by atoms with Crippen molar-refractivity contribution in [1.29, 1.82) is 0 Å². The zero-order chi connectivity index (χ0) is 26.0. The van der Waals surface area contributed by atoms with Crippen LogP contribution in [0.2, 0.25) is 0 Å². The van der Waals surface area contributed by atoms with Gasteiger partial charge >= 0.3 is 5.97 Å². The summed E-state index contributed by atoms with van der Waals surface area (Å²) < 4.78 is 25.2. The minimum absolute atomic E-state index is 0.0624. The van der Waals surface area contributed by atoms with Crippen molar-refractivity contribution in [2.45, 2.75) is 39.0 Å². The molecule has 1 atom stereocenters. The zero-order valence-corrected chi connectivity index (χ0v) is 22.0. The number of esters is 1. The predicted molar refractivity (Wildman–Crippen MR) is 146 cm³/mol. The van der Waals surface area contributed by atoms with Gasteiger partial charge in [0.2, 0.25) is 0 Å². The summed E-state index contributed by atoms with van der Waals surface area (Å²) in [5.41, 5.74) is 4.47. The second-order valence-corrected chi connectivity index (χ2v) is 10.3. The molecular formula is C31H32FNO3S. The van der Waals surface area contributed by atoms with E-state index in [1.165, 1.54) is 35.2 Å². The molecule has 0 saturated heterocycles. The number of ether oxygens (including phenoxy) is 2. The van der Waals surface area contributed by atoms with E-state index >= 15 is 0 Å². The fourth-order valence-corrected chi connectivity index (χ4v) is 5.02. The number of nitrogens with one attached hydrogen (secondary N) is 1. The molecule has 0 fully saturated rings. The van der Waals surface area contributed by atoms with Crippen LogP contribution in [0.5, 0.6) is 0 Å². The number of methoxy groups -OCH3 is 1. The Kier molecular flexibility index (Phi) is 9.60. The van der Waals surface area contributed by atoms with Crippen LogP contribution in [-0.4, -0.2) is 19.6 Å². The fourth-order valence-electron chi connectivity index (χ4n) is 4.09. The summed E-state index contributed by atoms with van der Waals surface area (Å²) in [6.45, 7) is 3.62. The molecule has 0 aliphatic rings. The van der Waals surface area contributed by atoms with Crippen molar-refractivity contribution in [2.75, 3.05) is 13.7 Å². The largest absolute Gasteiger partial charge is 0.465 e. The molecule has 1 unspecified atom stereocenters. The molecule has 0 aliphatic carbocycles. The van der Waals surface area contributed by atoms with Crippen LogP contribution in [0.3, 0.4) is 0 Å². The van der Waals surface area contributed by atoms with Crippen LogP contribution in [0.25, 0.3) is 0 Å². The first-order chi connectivity index (χ1) is 18.0. The van der Waals surface area contributed by atoms with Gasteiger partial charge in [0, 0.05) is 22.8 Å². The van der Waals surface area contributed by atoms with E-state index in [1.807, 2.05) is 6.07 Å². The lowest BCUT2D eigenvalue weighted by Gasteiger charge is -2.18. The summed E-state index contributed by atoms with van der Waals surface area (Å²) in [4.78, 5) is 14.0. The van der Waals surface area contributed by atoms with E-state index in [0.717, 1.165) is 28.8 Å². The Hall–Kier alpha value is -3.32. The first kappa shape index (κ1) is 26.7. The van der Waals surface area contributed by atoms with E-state index in [0.29, 0.717) is 19.7 Å². The van der Waals surface area contributed by atoms with Crippen molar-refractivity contribution in [1.82, 2.24) is 5.32 Å². The van der Waals surface area contributed by atoms with Crippen LogP contribution in [0, 0.1) is 12.7 Å². The van der Waals surface area contributed by atoms with E-state index in [4.69, 9.17) is 4.74 Å². The molecule has 1 heterocycles. The van der Waals surface area contributed by atoms with Crippen molar-refractivity contribution in [3.63, 3.8) is 0 Å². The Labute approximate surface area is 222 Å². The Bertz CT molecular complexity index is 1290. The molecule has 0 saturated carbocycles. The molecule has 6 heteroatoms. The molecular weight excluding hydrogens is 485 g/mol. The van der Waals surface area contributed by atoms with Crippen LogP contribution in [0.4, 0.5) is 4.39 Å². The van der Waals surface area contributed by atoms with Crippen LogP contribution in [0.1, 0.15) is 48.5 Å². The topological polar surface area (TPSA) is 47.6 Å². The molecule has 0 radical (unpaired) electrons. The number of carbonyl (C=O) groups excluding carboxylic acids is 1. The van der Waals surface area contributed by atoms with Crippen molar-refractivity contribution in [3.05, 3.63) is 128 Å². The fraction of sp³-hybridized carbons (Fsp3) is 0.258. The van der Waals surface area contributed by atoms with Gasteiger partial charge in [0.1, 0.15) is 11.9 Å². The Balaban J connectivity index is 1.32. The molecule has 1 aromatic heterocycles. The zero-order valence-electron chi connectivity index (χ0n) is 21.2. The normalized spacial score (nSPS) is 11.9. The lowest BCUT2D eigenvalue weighted by Crippen LogP contribution is -2.23. The Morgan fingerprint density at radius 3 is 2.22 bits per heavy atom. The molecule has 0 spiro atoms. The number of thiophene rings is 1. The number of aryl methyl sites for hydroxylation is 3. The molecule has 192 valence electrons. The Morgan fingerprint density at radius 1 is 0.892 bits per heavy atom. The highest BCUT2D eigenvalue weighted by Gasteiger charge is 2.16. The second kappa shape index (κ2) is 13.3. The number of hydrogen-bond acceptors (Lipinski definition) is 5. The Morgan fingerprint density at radius 2 is 1.57 bits per heavy atom. The van der Waals surface area contributed by atoms with E-state index < -0.39 is 11.8 Å². The van der Waals surface area contributed by atoms with Crippen molar-refractivity contribution in [2.24, 2.45) is 0 Å². The molecule has 0 amide bonds. The predicted octanol–water partition coefficient (Wildman–Crippen LogP) is 6.82. The van der Waals surface area contributed by atoms with Crippen LogP contribution < -0.4 is 5.32 Å². The van der Waals surface area contributed by atoms with Gasteiger partial charge in [0.25, 0.3) is 0 Å². The van der Waals surface area contributed by atoms with E-state index in [9.17, 15) is 9.18 Å². The number of carbonyl (C=O) groups is 1. The van der Waals surface area contributed by atoms with Crippen LogP contribution in [-0.2, 0) is 35.5 Å². The third-order valence-electron chi connectivity index (χ3n) is 6.20. The molecule has 37 heavy (non-hydrogen) atoms. The summed E-state index contributed by atoms with van der Waals surface area (Å²) >= 11 is 1.72. The van der Waals surface area contributed by atoms with Gasteiger partial charge in [-0.3, -0.25) is 0 Å². The molecule has 4 nitrogen and oxygen atoms in total. The van der Waals surface area contributed by atoms with E-state index in [-0.39, 0.29) is 11.7 Å². The monoisotopic (exact) mass is 517 g/mol. The van der Waals surface area contributed by atoms with Gasteiger partial charge in [-0.2, -0.15) is 0 Å². The number of rotatable bonds is 12. The van der Waals surface area contributed by atoms with Gasteiger partial charge < -0.3 is 14.8 Å². The standard InChI is InChI=1S/C31H32FNO3S/c1-22-8-17-30(37-22)29(20-33-19-26-15-16-27(28(32)18-26)31(34)35-2)36-21-25-13-11-24(12-14-25)10-9-23-6-4-3-5-7-23/h3-8,11-18,29,33H,9-10,19-21H2,1-2H3. The third-order valence-corrected chi connectivity index (χ3v) is 7.29. The highest BCUT2D eigenvalue weighted by molar-refractivity contribution is 7.12. The van der Waals surface area contributed by atoms with Gasteiger partial charge in [-0.05, 0) is 66.3 Å². The van der Waals surface area contributed by atoms with Crippen molar-refractivity contribution in [3.8, 4) is 0 Å². The van der Waals surface area contributed by atoms with Crippen molar-refractivity contribution >= 4 is 17.3 Å². The van der Waals surface area contributed by atoms with Crippen molar-refractivity contribution < 1.29 is 18.7 Å². The van der Waals surface area contributed by atoms with Crippen LogP contribution in [0.15, 0.2) is 84.9 Å². The minimum atomic E-state index is -0.678. The summed E-state index contributed by atoms with van der Waals surface area (Å²) in [7, 11) is 1.24. The first-order valence-electron chi connectivity index (χ1n) is 12.4. The highest BCUT2D eigenvalue weighted by Crippen LogP contribution is 2.26. The van der Waals surface area contributed by atoms with Gasteiger partial charge in [-0.25, -0.2) is 9.18 Å². The average Bonchev–Trinajstić information content (AvgIpc) is 3.36. The van der Waals surface area contributed by atoms with E-state index in [1.54, 1.807) is 17.4 Å². The quantitative estimate of drug-likeness (QED) is 0.210. The summed E-state index contributed by atoms with van der Waals surface area (Å²) in [6.07, 6.45) is 1.90. The van der Waals surface area contributed by atoms with Gasteiger partial charge in [-0.1, -0.05) is 60.7 Å². The SMILES string of the molecule is COC(=O)c1ccc(CNCC(OCc2ccc(CCc3ccccc3)cc2)c2ccc(C)s2)cc1F. The average molecular weight is 518 g/mol. The van der Waals surface area contributed by atoms with Gasteiger partial charge in [0.15, 0.2) is 0 Å². The number of benzene rings is 3. The summed E-state index contributed by atoms with van der Waals surface area (Å²) in [5, 5.41) is 3.38. The van der Waals surface area contributed by atoms with E-state index in [2.05, 4.69) is 77.6 Å². The third kappa shape index (κ3) is 7.83. The molecule has 1 N–H and O–H groups in total. The number of halogens is 1.